The number of ether oxygens (including phenoxy) is 1. The Bertz CT molecular complexity index is 629. The van der Waals surface area contributed by atoms with Gasteiger partial charge >= 0.3 is 0 Å². The van der Waals surface area contributed by atoms with Crippen molar-refractivity contribution >= 4 is 5.91 Å². The maximum absolute atomic E-state index is 12.1. The van der Waals surface area contributed by atoms with E-state index in [0.717, 1.165) is 24.2 Å². The Hall–Kier alpha value is -2.25. The van der Waals surface area contributed by atoms with Crippen molar-refractivity contribution in [3.05, 3.63) is 42.4 Å². The van der Waals surface area contributed by atoms with Crippen LogP contribution in [0.15, 0.2) is 36.8 Å². The van der Waals surface area contributed by atoms with Gasteiger partial charge in [-0.05, 0) is 36.6 Å². The molecule has 1 aliphatic heterocycles. The molecule has 0 spiro atoms. The summed E-state index contributed by atoms with van der Waals surface area (Å²) in [5, 5.41) is 7.03. The number of nitrogens with two attached hydrogens (primary N) is 1. The molecule has 0 unspecified atom stereocenters. The van der Waals surface area contributed by atoms with Crippen molar-refractivity contribution in [2.75, 3.05) is 6.54 Å². The number of nitrogens with one attached hydrogen (secondary N) is 1. The second-order valence-electron chi connectivity index (χ2n) is 5.25. The van der Waals surface area contributed by atoms with Crippen LogP contribution in [-0.2, 0) is 16.1 Å². The van der Waals surface area contributed by atoms with Crippen LogP contribution in [0.25, 0.3) is 5.82 Å². The Morgan fingerprint density at radius 3 is 3.09 bits per heavy atom. The first-order valence-corrected chi connectivity index (χ1v) is 7.34. The average Bonchev–Trinajstić information content (AvgIpc) is 3.24. The van der Waals surface area contributed by atoms with Gasteiger partial charge in [0.1, 0.15) is 6.10 Å². The number of carbonyl (C=O) groups excluding carboxylic acids is 1. The topological polar surface area (TPSA) is 95.1 Å². The van der Waals surface area contributed by atoms with Gasteiger partial charge in [-0.3, -0.25) is 4.79 Å². The van der Waals surface area contributed by atoms with Gasteiger partial charge in [-0.25, -0.2) is 9.67 Å². The zero-order valence-corrected chi connectivity index (χ0v) is 12.2. The van der Waals surface area contributed by atoms with Gasteiger partial charge in [0.2, 0.25) is 5.91 Å². The lowest BCUT2D eigenvalue weighted by atomic mass is 10.2. The molecule has 1 amide bonds. The molecular weight excluding hydrogens is 282 g/mol. The third kappa shape index (κ3) is 3.32. The van der Waals surface area contributed by atoms with Crippen LogP contribution in [0.4, 0.5) is 0 Å². The fourth-order valence-corrected chi connectivity index (χ4v) is 2.48. The molecule has 0 radical (unpaired) electrons. The number of carbonyl (C=O) groups is 1. The normalized spacial score (nSPS) is 21.0. The van der Waals surface area contributed by atoms with E-state index in [1.165, 1.54) is 0 Å². The van der Waals surface area contributed by atoms with Crippen LogP contribution in [-0.4, -0.2) is 39.4 Å². The van der Waals surface area contributed by atoms with Gasteiger partial charge in [0.25, 0.3) is 0 Å². The first-order chi connectivity index (χ1) is 10.8. The van der Waals surface area contributed by atoms with Crippen LogP contribution in [0, 0.1) is 0 Å². The first-order valence-electron chi connectivity index (χ1n) is 7.34. The summed E-state index contributed by atoms with van der Waals surface area (Å²) in [5.74, 6) is 0.630. The third-order valence-corrected chi connectivity index (χ3v) is 3.68. The van der Waals surface area contributed by atoms with Crippen LogP contribution in [0.3, 0.4) is 0 Å². The molecule has 2 aromatic heterocycles. The maximum atomic E-state index is 12.1. The fraction of sp³-hybridized carbons (Fsp3) is 0.400. The molecule has 2 atom stereocenters. The van der Waals surface area contributed by atoms with Gasteiger partial charge in [0, 0.05) is 31.7 Å². The van der Waals surface area contributed by atoms with Crippen LogP contribution in [0.5, 0.6) is 0 Å². The summed E-state index contributed by atoms with van der Waals surface area (Å²) in [4.78, 5) is 16.3. The molecule has 22 heavy (non-hydrogen) atoms. The van der Waals surface area contributed by atoms with E-state index in [1.54, 1.807) is 17.1 Å². The zero-order valence-electron chi connectivity index (χ0n) is 12.2. The summed E-state index contributed by atoms with van der Waals surface area (Å²) in [6.45, 7) is 0.893. The molecule has 116 valence electrons. The smallest absolute Gasteiger partial charge is 0.249 e. The van der Waals surface area contributed by atoms with E-state index in [1.807, 2.05) is 24.4 Å². The first kappa shape index (κ1) is 14.7. The lowest BCUT2D eigenvalue weighted by Crippen LogP contribution is -2.35. The summed E-state index contributed by atoms with van der Waals surface area (Å²) < 4.78 is 7.26. The molecule has 0 bridgehead atoms. The number of hydrogen-bond donors (Lipinski definition) is 2. The van der Waals surface area contributed by atoms with Crippen molar-refractivity contribution in [1.29, 1.82) is 0 Å². The summed E-state index contributed by atoms with van der Waals surface area (Å²) in [5.41, 5.74) is 6.51. The van der Waals surface area contributed by atoms with E-state index in [2.05, 4.69) is 15.4 Å². The predicted molar refractivity (Wildman–Crippen MR) is 80.2 cm³/mol. The number of pyridine rings is 1. The van der Waals surface area contributed by atoms with Crippen LogP contribution in [0.2, 0.25) is 0 Å². The van der Waals surface area contributed by atoms with E-state index < -0.39 is 0 Å². The molecule has 0 aliphatic carbocycles. The molecule has 0 saturated carbocycles. The molecular formula is C15H19N5O2. The minimum absolute atomic E-state index is 0.00286. The highest BCUT2D eigenvalue weighted by molar-refractivity contribution is 5.81. The molecule has 7 heteroatoms. The molecule has 0 aromatic carbocycles. The Kier molecular flexibility index (Phi) is 4.45. The van der Waals surface area contributed by atoms with Crippen molar-refractivity contribution in [1.82, 2.24) is 20.1 Å². The van der Waals surface area contributed by atoms with E-state index in [0.29, 0.717) is 13.1 Å². The Balaban J connectivity index is 1.58. The van der Waals surface area contributed by atoms with E-state index in [9.17, 15) is 4.79 Å². The number of aromatic nitrogens is 3. The Labute approximate surface area is 128 Å². The highest BCUT2D eigenvalue weighted by atomic mass is 16.5. The molecule has 7 nitrogen and oxygen atoms in total. The summed E-state index contributed by atoms with van der Waals surface area (Å²) in [7, 11) is 0. The zero-order chi connectivity index (χ0) is 15.4. The van der Waals surface area contributed by atoms with Crippen molar-refractivity contribution in [3.63, 3.8) is 0 Å². The van der Waals surface area contributed by atoms with Crippen LogP contribution in [0.1, 0.15) is 18.4 Å². The Morgan fingerprint density at radius 1 is 1.45 bits per heavy atom. The van der Waals surface area contributed by atoms with Crippen LogP contribution >= 0.6 is 0 Å². The second-order valence-corrected chi connectivity index (χ2v) is 5.25. The second kappa shape index (κ2) is 6.67. The molecule has 3 N–H and O–H groups in total. The van der Waals surface area contributed by atoms with Gasteiger partial charge in [0.15, 0.2) is 5.82 Å². The fourth-order valence-electron chi connectivity index (χ4n) is 2.48. The summed E-state index contributed by atoms with van der Waals surface area (Å²) in [6, 6.07) is 5.60. The lowest BCUT2D eigenvalue weighted by Gasteiger charge is -2.13. The Morgan fingerprint density at radius 2 is 2.36 bits per heavy atom. The summed E-state index contributed by atoms with van der Waals surface area (Å²) >= 11 is 0. The molecule has 3 heterocycles. The molecule has 1 aliphatic rings. The van der Waals surface area contributed by atoms with E-state index in [-0.39, 0.29) is 18.1 Å². The van der Waals surface area contributed by atoms with E-state index in [4.69, 9.17) is 10.5 Å². The predicted octanol–water partition coefficient (Wildman–Crippen LogP) is 0.390. The van der Waals surface area contributed by atoms with Crippen molar-refractivity contribution < 1.29 is 9.53 Å². The van der Waals surface area contributed by atoms with Gasteiger partial charge in [-0.15, -0.1) is 0 Å². The third-order valence-electron chi connectivity index (χ3n) is 3.68. The van der Waals surface area contributed by atoms with Gasteiger partial charge < -0.3 is 15.8 Å². The van der Waals surface area contributed by atoms with Gasteiger partial charge in [-0.2, -0.15) is 5.10 Å². The molecule has 2 aromatic rings. The van der Waals surface area contributed by atoms with Crippen LogP contribution < -0.4 is 11.1 Å². The molecule has 1 saturated heterocycles. The highest BCUT2D eigenvalue weighted by Crippen LogP contribution is 2.19. The average molecular weight is 301 g/mol. The monoisotopic (exact) mass is 301 g/mol. The molecule has 3 rings (SSSR count). The van der Waals surface area contributed by atoms with Gasteiger partial charge in [-0.1, -0.05) is 0 Å². The van der Waals surface area contributed by atoms with E-state index >= 15 is 0 Å². The maximum Gasteiger partial charge on any atom is 0.249 e. The van der Waals surface area contributed by atoms with Crippen molar-refractivity contribution in [2.45, 2.75) is 31.6 Å². The lowest BCUT2D eigenvalue weighted by molar-refractivity contribution is -0.132. The minimum Gasteiger partial charge on any atom is -0.364 e. The standard InChI is InChI=1S/C15H19N5O2/c16-9-12-2-3-13(22-12)15(21)18-10-11-4-6-17-14(8-11)20-7-1-5-19-20/h1,4-8,12-13H,2-3,9-10,16H2,(H,18,21)/t12-,13+/m1/s1. The number of nitrogens with zero attached hydrogens (tertiary/aromatic N) is 3. The van der Waals surface area contributed by atoms with Crippen molar-refractivity contribution in [2.24, 2.45) is 5.73 Å². The number of rotatable bonds is 5. The van der Waals surface area contributed by atoms with Gasteiger partial charge in [0.05, 0.1) is 6.10 Å². The number of hydrogen-bond acceptors (Lipinski definition) is 5. The van der Waals surface area contributed by atoms with Crippen molar-refractivity contribution in [3.8, 4) is 5.82 Å². The number of amides is 1. The largest absolute Gasteiger partial charge is 0.364 e. The summed E-state index contributed by atoms with van der Waals surface area (Å²) in [6.07, 6.45) is 6.40. The minimum atomic E-state index is -0.388. The quantitative estimate of drug-likeness (QED) is 0.833. The highest BCUT2D eigenvalue weighted by Gasteiger charge is 2.29. The molecule has 1 fully saturated rings. The SMILES string of the molecule is NC[C@H]1CC[C@@H](C(=O)NCc2ccnc(-n3cccn3)c2)O1.